The van der Waals surface area contributed by atoms with E-state index in [2.05, 4.69) is 29.9 Å². The van der Waals surface area contributed by atoms with Crippen LogP contribution in [0.4, 0.5) is 5.13 Å². The lowest BCUT2D eigenvalue weighted by molar-refractivity contribution is -0.132. The van der Waals surface area contributed by atoms with Crippen LogP contribution in [0.5, 0.6) is 0 Å². The zero-order valence-electron chi connectivity index (χ0n) is 18.1. The maximum absolute atomic E-state index is 13.3. The molecule has 1 atom stereocenters. The predicted octanol–water partition coefficient (Wildman–Crippen LogP) is 5.44. The van der Waals surface area contributed by atoms with Crippen molar-refractivity contribution in [2.75, 3.05) is 4.90 Å². The summed E-state index contributed by atoms with van der Waals surface area (Å²) in [4.78, 5) is 36.9. The minimum Gasteiger partial charge on any atom is -0.507 e. The van der Waals surface area contributed by atoms with E-state index in [1.807, 2.05) is 18.2 Å². The maximum atomic E-state index is 13.3. The molecule has 5 rings (SSSR count). The van der Waals surface area contributed by atoms with Gasteiger partial charge in [0.15, 0.2) is 5.13 Å². The Morgan fingerprint density at radius 1 is 1.03 bits per heavy atom. The number of thiazole rings is 1. The minimum absolute atomic E-state index is 0.00651. The molecule has 0 radical (unpaired) electrons. The minimum atomic E-state index is -0.878. The molecule has 0 saturated carbocycles. The molecule has 2 aromatic heterocycles. The van der Waals surface area contributed by atoms with Crippen molar-refractivity contribution in [3.63, 3.8) is 0 Å². The molecular formula is C26H21N3O3S. The number of aliphatic hydroxyl groups excluding tert-OH is 1. The van der Waals surface area contributed by atoms with Crippen molar-refractivity contribution in [2.45, 2.75) is 25.8 Å². The second kappa shape index (κ2) is 8.26. The van der Waals surface area contributed by atoms with E-state index >= 15 is 0 Å². The van der Waals surface area contributed by atoms with Crippen LogP contribution >= 0.6 is 11.3 Å². The summed E-state index contributed by atoms with van der Waals surface area (Å²) in [5.41, 5.74) is 2.87. The topological polar surface area (TPSA) is 83.4 Å². The molecule has 33 heavy (non-hydrogen) atoms. The summed E-state index contributed by atoms with van der Waals surface area (Å²) in [6, 6.07) is 19.2. The zero-order valence-corrected chi connectivity index (χ0v) is 18.9. The first-order valence-electron chi connectivity index (χ1n) is 10.6. The Morgan fingerprint density at radius 2 is 1.79 bits per heavy atom. The van der Waals surface area contributed by atoms with Crippen LogP contribution in [0.2, 0.25) is 0 Å². The first kappa shape index (κ1) is 21.0. The van der Waals surface area contributed by atoms with Crippen LogP contribution in [0.1, 0.15) is 42.6 Å². The number of hydrogen-bond donors (Lipinski definition) is 1. The highest BCUT2D eigenvalue weighted by molar-refractivity contribution is 7.22. The van der Waals surface area contributed by atoms with E-state index in [4.69, 9.17) is 0 Å². The molecule has 1 saturated heterocycles. The Labute approximate surface area is 194 Å². The molecule has 7 heteroatoms. The molecule has 1 unspecified atom stereocenters. The van der Waals surface area contributed by atoms with Crippen molar-refractivity contribution >= 4 is 44.1 Å². The van der Waals surface area contributed by atoms with E-state index in [0.29, 0.717) is 22.3 Å². The molecule has 164 valence electrons. The summed E-state index contributed by atoms with van der Waals surface area (Å²) in [7, 11) is 0. The van der Waals surface area contributed by atoms with Crippen LogP contribution in [-0.2, 0) is 9.59 Å². The summed E-state index contributed by atoms with van der Waals surface area (Å²) in [6.07, 6.45) is 1.60. The van der Waals surface area contributed by atoms with E-state index in [1.165, 1.54) is 21.8 Å². The van der Waals surface area contributed by atoms with Gasteiger partial charge in [0, 0.05) is 11.8 Å². The third-order valence-electron chi connectivity index (χ3n) is 5.73. The molecular weight excluding hydrogens is 434 g/mol. The van der Waals surface area contributed by atoms with E-state index in [9.17, 15) is 14.7 Å². The monoisotopic (exact) mass is 455 g/mol. The van der Waals surface area contributed by atoms with Crippen molar-refractivity contribution in [1.29, 1.82) is 0 Å². The molecule has 4 aromatic rings. The first-order valence-corrected chi connectivity index (χ1v) is 11.4. The highest BCUT2D eigenvalue weighted by Gasteiger charge is 2.48. The Balaban J connectivity index is 1.70. The van der Waals surface area contributed by atoms with Gasteiger partial charge < -0.3 is 5.11 Å². The fraction of sp³-hybridized carbons (Fsp3) is 0.154. The van der Waals surface area contributed by atoms with Gasteiger partial charge in [0.05, 0.1) is 21.5 Å². The average molecular weight is 456 g/mol. The largest absolute Gasteiger partial charge is 0.507 e. The number of ketones is 1. The third kappa shape index (κ3) is 3.60. The number of rotatable bonds is 4. The van der Waals surface area contributed by atoms with E-state index < -0.39 is 17.7 Å². The van der Waals surface area contributed by atoms with Crippen molar-refractivity contribution < 1.29 is 14.7 Å². The van der Waals surface area contributed by atoms with E-state index in [1.54, 1.807) is 48.7 Å². The zero-order chi connectivity index (χ0) is 23.1. The SMILES string of the molecule is CC(C)c1ccc2nc(N3C(=O)C(=O)/C(=C(/O)c4ccccc4)C3c3ccccn3)sc2c1. The van der Waals surface area contributed by atoms with Crippen LogP contribution in [0.25, 0.3) is 16.0 Å². The van der Waals surface area contributed by atoms with Crippen LogP contribution in [0, 0.1) is 0 Å². The lowest BCUT2D eigenvalue weighted by atomic mass is 9.98. The maximum Gasteiger partial charge on any atom is 0.301 e. The highest BCUT2D eigenvalue weighted by Crippen LogP contribution is 2.43. The number of anilines is 1. The number of fused-ring (bicyclic) bond motifs is 1. The number of amides is 1. The molecule has 3 heterocycles. The molecule has 0 bridgehead atoms. The molecule has 6 nitrogen and oxygen atoms in total. The Morgan fingerprint density at radius 3 is 2.48 bits per heavy atom. The summed E-state index contributed by atoms with van der Waals surface area (Å²) in [5, 5.41) is 11.5. The number of aromatic nitrogens is 2. The molecule has 0 spiro atoms. The Hall–Kier alpha value is -3.84. The van der Waals surface area contributed by atoms with Gasteiger partial charge in [0.2, 0.25) is 0 Å². The van der Waals surface area contributed by atoms with Crippen LogP contribution in [-0.4, -0.2) is 26.8 Å². The fourth-order valence-electron chi connectivity index (χ4n) is 3.99. The van der Waals surface area contributed by atoms with E-state index in [0.717, 1.165) is 10.2 Å². The van der Waals surface area contributed by atoms with Crippen LogP contribution < -0.4 is 4.90 Å². The molecule has 1 aliphatic heterocycles. The van der Waals surface area contributed by atoms with Gasteiger partial charge in [-0.3, -0.25) is 19.5 Å². The molecule has 0 aliphatic carbocycles. The standard InChI is InChI=1S/C26H21N3O3S/c1-15(2)17-11-12-18-20(14-17)33-26(28-18)29-22(19-10-6-7-13-27-19)21(24(31)25(29)32)23(30)16-8-4-3-5-9-16/h3-15,22,30H,1-2H3/b23-21+. The number of aliphatic hydroxyl groups is 1. The van der Waals surface area contributed by atoms with Crippen molar-refractivity contribution in [3.8, 4) is 0 Å². The van der Waals surface area contributed by atoms with Crippen molar-refractivity contribution in [1.82, 2.24) is 9.97 Å². The van der Waals surface area contributed by atoms with Gasteiger partial charge in [0.1, 0.15) is 11.8 Å². The summed E-state index contributed by atoms with van der Waals surface area (Å²) >= 11 is 1.35. The van der Waals surface area contributed by atoms with Gasteiger partial charge in [-0.15, -0.1) is 0 Å². The van der Waals surface area contributed by atoms with Gasteiger partial charge in [-0.1, -0.05) is 67.6 Å². The second-order valence-corrected chi connectivity index (χ2v) is 9.18. The first-order chi connectivity index (χ1) is 16.0. The number of pyridine rings is 1. The summed E-state index contributed by atoms with van der Waals surface area (Å²) in [5.74, 6) is -1.36. The van der Waals surface area contributed by atoms with Gasteiger partial charge in [0.25, 0.3) is 5.78 Å². The molecule has 2 aromatic carbocycles. The number of carbonyl (C=O) groups excluding carboxylic acids is 2. The lowest BCUT2D eigenvalue weighted by Crippen LogP contribution is -2.29. The smallest absolute Gasteiger partial charge is 0.301 e. The van der Waals surface area contributed by atoms with Gasteiger partial charge in [-0.05, 0) is 35.7 Å². The predicted molar refractivity (Wildman–Crippen MR) is 129 cm³/mol. The lowest BCUT2D eigenvalue weighted by Gasteiger charge is -2.21. The van der Waals surface area contributed by atoms with Crippen LogP contribution in [0.15, 0.2) is 78.5 Å². The summed E-state index contributed by atoms with van der Waals surface area (Å²) < 4.78 is 0.931. The Bertz CT molecular complexity index is 1390. The molecule has 1 fully saturated rings. The number of carbonyl (C=O) groups is 2. The number of benzene rings is 2. The average Bonchev–Trinajstić information content (AvgIpc) is 3.37. The van der Waals surface area contributed by atoms with Gasteiger partial charge in [-0.25, -0.2) is 4.98 Å². The molecule has 1 amide bonds. The number of Topliss-reactive ketones (excluding diaryl/α,β-unsaturated/α-hetero) is 1. The summed E-state index contributed by atoms with van der Waals surface area (Å²) in [6.45, 7) is 4.23. The molecule has 1 N–H and O–H groups in total. The van der Waals surface area contributed by atoms with Crippen molar-refractivity contribution in [2.24, 2.45) is 0 Å². The third-order valence-corrected chi connectivity index (χ3v) is 6.75. The fourth-order valence-corrected chi connectivity index (χ4v) is 5.03. The highest BCUT2D eigenvalue weighted by atomic mass is 32.1. The normalized spacial score (nSPS) is 17.9. The van der Waals surface area contributed by atoms with Crippen LogP contribution in [0.3, 0.4) is 0 Å². The van der Waals surface area contributed by atoms with Gasteiger partial charge >= 0.3 is 5.91 Å². The Kier molecular flexibility index (Phi) is 5.26. The number of nitrogens with zero attached hydrogens (tertiary/aromatic N) is 3. The van der Waals surface area contributed by atoms with E-state index in [-0.39, 0.29) is 11.3 Å². The van der Waals surface area contributed by atoms with Gasteiger partial charge in [-0.2, -0.15) is 0 Å². The van der Waals surface area contributed by atoms with Crippen molar-refractivity contribution in [3.05, 3.63) is 95.3 Å². The quantitative estimate of drug-likeness (QED) is 0.252. The second-order valence-electron chi connectivity index (χ2n) is 8.17. The molecule has 1 aliphatic rings. The number of hydrogen-bond acceptors (Lipinski definition) is 6.